The number of pyridine rings is 1. The van der Waals surface area contributed by atoms with Gasteiger partial charge in [-0.2, -0.15) is 0 Å². The van der Waals surface area contributed by atoms with Gasteiger partial charge in [-0.3, -0.25) is 0 Å². The van der Waals surface area contributed by atoms with Crippen molar-refractivity contribution in [1.82, 2.24) is 19.7 Å². The zero-order valence-corrected chi connectivity index (χ0v) is 11.8. The van der Waals surface area contributed by atoms with Gasteiger partial charge in [0.2, 0.25) is 0 Å². The van der Waals surface area contributed by atoms with Gasteiger partial charge in [-0.1, -0.05) is 18.2 Å². The SMILES string of the molecule is Cc1cc2ccccc2nc1NC(C)c1nncn1C. The molecule has 2 heterocycles. The summed E-state index contributed by atoms with van der Waals surface area (Å²) in [4.78, 5) is 4.69. The Morgan fingerprint density at radius 3 is 2.80 bits per heavy atom. The highest BCUT2D eigenvalue weighted by atomic mass is 15.3. The van der Waals surface area contributed by atoms with Gasteiger partial charge in [0.15, 0.2) is 5.82 Å². The molecular weight excluding hydrogens is 250 g/mol. The lowest BCUT2D eigenvalue weighted by atomic mass is 10.1. The van der Waals surface area contributed by atoms with E-state index in [1.54, 1.807) is 6.33 Å². The highest BCUT2D eigenvalue weighted by Crippen LogP contribution is 2.23. The number of benzene rings is 1. The molecule has 0 amide bonds. The third-order valence-corrected chi connectivity index (χ3v) is 3.40. The fraction of sp³-hybridized carbons (Fsp3) is 0.267. The van der Waals surface area contributed by atoms with Crippen molar-refractivity contribution in [1.29, 1.82) is 0 Å². The Balaban J connectivity index is 1.94. The highest BCUT2D eigenvalue weighted by Gasteiger charge is 2.13. The number of nitrogens with zero attached hydrogens (tertiary/aromatic N) is 4. The van der Waals surface area contributed by atoms with Crippen molar-refractivity contribution in [2.24, 2.45) is 7.05 Å². The molecule has 0 aliphatic heterocycles. The van der Waals surface area contributed by atoms with E-state index in [4.69, 9.17) is 0 Å². The van der Waals surface area contributed by atoms with Crippen LogP contribution in [-0.4, -0.2) is 19.7 Å². The van der Waals surface area contributed by atoms with Crippen LogP contribution in [-0.2, 0) is 7.05 Å². The average Bonchev–Trinajstić information content (AvgIpc) is 2.86. The van der Waals surface area contributed by atoms with Crippen molar-refractivity contribution >= 4 is 16.7 Å². The van der Waals surface area contributed by atoms with E-state index in [0.29, 0.717) is 0 Å². The van der Waals surface area contributed by atoms with Crippen molar-refractivity contribution in [3.8, 4) is 0 Å². The smallest absolute Gasteiger partial charge is 0.154 e. The molecule has 0 spiro atoms. The second-order valence-electron chi connectivity index (χ2n) is 5.01. The Bertz CT molecular complexity index is 747. The third kappa shape index (κ3) is 2.22. The lowest BCUT2D eigenvalue weighted by Gasteiger charge is -2.16. The molecular formula is C15H17N5. The second kappa shape index (κ2) is 4.92. The minimum Gasteiger partial charge on any atom is -0.360 e. The van der Waals surface area contributed by atoms with Crippen molar-refractivity contribution in [3.05, 3.63) is 48.0 Å². The van der Waals surface area contributed by atoms with Gasteiger partial charge in [0.25, 0.3) is 0 Å². The lowest BCUT2D eigenvalue weighted by molar-refractivity contribution is 0.716. The molecule has 0 bridgehead atoms. The van der Waals surface area contributed by atoms with Crippen LogP contribution in [0, 0.1) is 6.92 Å². The standard InChI is InChI=1S/C15H17N5/c1-10-8-12-6-4-5-7-13(12)18-14(10)17-11(2)15-19-16-9-20(15)3/h4-9,11H,1-3H3,(H,17,18). The summed E-state index contributed by atoms with van der Waals surface area (Å²) in [7, 11) is 1.94. The normalized spacial score (nSPS) is 12.6. The first-order chi connectivity index (χ1) is 9.65. The number of hydrogen-bond acceptors (Lipinski definition) is 4. The lowest BCUT2D eigenvalue weighted by Crippen LogP contribution is -2.13. The number of fused-ring (bicyclic) bond motifs is 1. The zero-order valence-electron chi connectivity index (χ0n) is 11.8. The Labute approximate surface area is 117 Å². The summed E-state index contributed by atoms with van der Waals surface area (Å²) in [6.07, 6.45) is 1.70. The molecule has 0 saturated heterocycles. The molecule has 0 aliphatic carbocycles. The van der Waals surface area contributed by atoms with E-state index in [-0.39, 0.29) is 6.04 Å². The van der Waals surface area contributed by atoms with Crippen molar-refractivity contribution in [2.45, 2.75) is 19.9 Å². The number of aromatic nitrogens is 4. The summed E-state index contributed by atoms with van der Waals surface area (Å²) in [5.41, 5.74) is 2.11. The predicted molar refractivity (Wildman–Crippen MR) is 79.5 cm³/mol. The number of aryl methyl sites for hydroxylation is 2. The van der Waals surface area contributed by atoms with Crippen LogP contribution in [0.5, 0.6) is 0 Å². The molecule has 0 saturated carbocycles. The summed E-state index contributed by atoms with van der Waals surface area (Å²) in [5.74, 6) is 1.78. The first-order valence-electron chi connectivity index (χ1n) is 6.62. The molecule has 1 atom stereocenters. The average molecular weight is 267 g/mol. The molecule has 1 unspecified atom stereocenters. The maximum Gasteiger partial charge on any atom is 0.154 e. The van der Waals surface area contributed by atoms with E-state index >= 15 is 0 Å². The van der Waals surface area contributed by atoms with Gasteiger partial charge in [0.05, 0.1) is 11.6 Å². The molecule has 5 nitrogen and oxygen atoms in total. The molecule has 0 aliphatic rings. The van der Waals surface area contributed by atoms with Gasteiger partial charge >= 0.3 is 0 Å². The molecule has 2 aromatic heterocycles. The van der Waals surface area contributed by atoms with E-state index in [1.165, 1.54) is 0 Å². The van der Waals surface area contributed by atoms with Gasteiger partial charge in [-0.25, -0.2) is 4.98 Å². The van der Waals surface area contributed by atoms with Crippen LogP contribution in [0.4, 0.5) is 5.82 Å². The van der Waals surface area contributed by atoms with Crippen LogP contribution < -0.4 is 5.32 Å². The van der Waals surface area contributed by atoms with Crippen LogP contribution in [0.25, 0.3) is 10.9 Å². The number of hydrogen-bond donors (Lipinski definition) is 1. The van der Waals surface area contributed by atoms with E-state index < -0.39 is 0 Å². The van der Waals surface area contributed by atoms with Crippen molar-refractivity contribution in [2.75, 3.05) is 5.32 Å². The number of para-hydroxylation sites is 1. The van der Waals surface area contributed by atoms with E-state index in [0.717, 1.165) is 28.1 Å². The van der Waals surface area contributed by atoms with Gasteiger partial charge in [0.1, 0.15) is 12.1 Å². The highest BCUT2D eigenvalue weighted by molar-refractivity contribution is 5.81. The van der Waals surface area contributed by atoms with Crippen LogP contribution in [0.15, 0.2) is 36.7 Å². The maximum atomic E-state index is 4.69. The fourth-order valence-electron chi connectivity index (χ4n) is 2.32. The van der Waals surface area contributed by atoms with Crippen LogP contribution >= 0.6 is 0 Å². The Kier molecular flexibility index (Phi) is 3.10. The minimum atomic E-state index is 0.0508. The van der Waals surface area contributed by atoms with Gasteiger partial charge in [-0.05, 0) is 31.5 Å². The van der Waals surface area contributed by atoms with E-state index in [1.807, 2.05) is 29.8 Å². The third-order valence-electron chi connectivity index (χ3n) is 3.40. The molecule has 0 radical (unpaired) electrons. The van der Waals surface area contributed by atoms with Crippen LogP contribution in [0.3, 0.4) is 0 Å². The van der Waals surface area contributed by atoms with E-state index in [2.05, 4.69) is 46.5 Å². The fourth-order valence-corrected chi connectivity index (χ4v) is 2.32. The largest absolute Gasteiger partial charge is 0.360 e. The van der Waals surface area contributed by atoms with E-state index in [9.17, 15) is 0 Å². The molecule has 102 valence electrons. The van der Waals surface area contributed by atoms with Gasteiger partial charge < -0.3 is 9.88 Å². The monoisotopic (exact) mass is 267 g/mol. The van der Waals surface area contributed by atoms with Gasteiger partial charge in [-0.15, -0.1) is 10.2 Å². The minimum absolute atomic E-state index is 0.0508. The maximum absolute atomic E-state index is 4.69. The Morgan fingerprint density at radius 2 is 2.05 bits per heavy atom. The Morgan fingerprint density at radius 1 is 1.25 bits per heavy atom. The molecule has 1 N–H and O–H groups in total. The second-order valence-corrected chi connectivity index (χ2v) is 5.01. The number of nitrogens with one attached hydrogen (secondary N) is 1. The van der Waals surface area contributed by atoms with Crippen molar-refractivity contribution < 1.29 is 0 Å². The summed E-state index contributed by atoms with van der Waals surface area (Å²) in [6.45, 7) is 4.12. The zero-order chi connectivity index (χ0) is 14.1. The molecule has 0 fully saturated rings. The molecule has 20 heavy (non-hydrogen) atoms. The summed E-state index contributed by atoms with van der Waals surface area (Å²) in [6, 6.07) is 10.3. The molecule has 3 aromatic rings. The summed E-state index contributed by atoms with van der Waals surface area (Å²) >= 11 is 0. The molecule has 3 rings (SSSR count). The number of rotatable bonds is 3. The van der Waals surface area contributed by atoms with Gasteiger partial charge in [0, 0.05) is 12.4 Å². The van der Waals surface area contributed by atoms with Crippen LogP contribution in [0.2, 0.25) is 0 Å². The number of anilines is 1. The summed E-state index contributed by atoms with van der Waals surface area (Å²) < 4.78 is 1.91. The topological polar surface area (TPSA) is 55.6 Å². The quantitative estimate of drug-likeness (QED) is 0.792. The first kappa shape index (κ1) is 12.6. The first-order valence-corrected chi connectivity index (χ1v) is 6.62. The molecule has 1 aromatic carbocycles. The summed E-state index contributed by atoms with van der Waals surface area (Å²) in [5, 5.41) is 12.6. The van der Waals surface area contributed by atoms with Crippen LogP contribution in [0.1, 0.15) is 24.4 Å². The molecule has 5 heteroatoms. The predicted octanol–water partition coefficient (Wildman–Crippen LogP) is 2.84. The van der Waals surface area contributed by atoms with Crippen molar-refractivity contribution in [3.63, 3.8) is 0 Å². The Hall–Kier alpha value is -2.43.